The SMILES string of the molecule is Cc1cc(N2CCCN(C(=O)NCc3noc(-c4ccco4)n3)CC2)ccn1. The minimum absolute atomic E-state index is 0.128. The lowest BCUT2D eigenvalue weighted by Crippen LogP contribution is -2.41. The normalized spacial score (nSPS) is 14.8. The summed E-state index contributed by atoms with van der Waals surface area (Å²) in [4.78, 5) is 25.1. The highest BCUT2D eigenvalue weighted by Gasteiger charge is 2.20. The van der Waals surface area contributed by atoms with E-state index >= 15 is 0 Å². The van der Waals surface area contributed by atoms with Gasteiger partial charge in [0.05, 0.1) is 12.8 Å². The average molecular weight is 382 g/mol. The minimum Gasteiger partial charge on any atom is -0.459 e. The van der Waals surface area contributed by atoms with Gasteiger partial charge >= 0.3 is 6.03 Å². The van der Waals surface area contributed by atoms with E-state index in [0.29, 0.717) is 30.6 Å². The molecule has 3 aromatic heterocycles. The van der Waals surface area contributed by atoms with Gasteiger partial charge in [-0.25, -0.2) is 4.79 Å². The van der Waals surface area contributed by atoms with E-state index < -0.39 is 0 Å². The number of aromatic nitrogens is 3. The fourth-order valence-corrected chi connectivity index (χ4v) is 3.20. The van der Waals surface area contributed by atoms with Gasteiger partial charge in [-0.1, -0.05) is 5.16 Å². The fourth-order valence-electron chi connectivity index (χ4n) is 3.20. The number of furan rings is 1. The number of carbonyl (C=O) groups excluding carboxylic acids is 1. The monoisotopic (exact) mass is 382 g/mol. The third kappa shape index (κ3) is 4.13. The average Bonchev–Trinajstić information content (AvgIpc) is 3.33. The predicted octanol–water partition coefficient (Wildman–Crippen LogP) is 2.45. The maximum absolute atomic E-state index is 12.5. The Kier molecular flexibility index (Phi) is 5.22. The van der Waals surface area contributed by atoms with E-state index in [1.165, 1.54) is 6.26 Å². The summed E-state index contributed by atoms with van der Waals surface area (Å²) in [6.45, 7) is 5.23. The topological polar surface area (TPSA) is 101 Å². The molecule has 9 nitrogen and oxygen atoms in total. The molecule has 0 bridgehead atoms. The van der Waals surface area contributed by atoms with Crippen LogP contribution in [0.15, 0.2) is 45.7 Å². The molecule has 146 valence electrons. The van der Waals surface area contributed by atoms with Gasteiger partial charge in [0, 0.05) is 43.8 Å². The Hall–Kier alpha value is -3.36. The second-order valence-corrected chi connectivity index (χ2v) is 6.63. The molecule has 4 heterocycles. The quantitative estimate of drug-likeness (QED) is 0.740. The van der Waals surface area contributed by atoms with Crippen molar-refractivity contribution in [3.63, 3.8) is 0 Å². The maximum Gasteiger partial charge on any atom is 0.317 e. The molecular weight excluding hydrogens is 360 g/mol. The molecule has 0 radical (unpaired) electrons. The van der Waals surface area contributed by atoms with Gasteiger partial charge in [-0.05, 0) is 37.6 Å². The number of aryl methyl sites for hydroxylation is 1. The molecule has 0 atom stereocenters. The number of pyridine rings is 1. The summed E-state index contributed by atoms with van der Waals surface area (Å²) in [5.41, 5.74) is 2.14. The smallest absolute Gasteiger partial charge is 0.317 e. The van der Waals surface area contributed by atoms with Crippen LogP contribution in [0.4, 0.5) is 10.5 Å². The van der Waals surface area contributed by atoms with E-state index in [1.54, 1.807) is 12.1 Å². The summed E-state index contributed by atoms with van der Waals surface area (Å²) in [7, 11) is 0. The van der Waals surface area contributed by atoms with Crippen LogP contribution < -0.4 is 10.2 Å². The molecule has 0 aliphatic carbocycles. The lowest BCUT2D eigenvalue weighted by atomic mass is 10.3. The van der Waals surface area contributed by atoms with E-state index in [-0.39, 0.29) is 12.6 Å². The lowest BCUT2D eigenvalue weighted by Gasteiger charge is -2.24. The maximum atomic E-state index is 12.5. The molecule has 4 rings (SSSR count). The number of hydrogen-bond acceptors (Lipinski definition) is 7. The number of nitrogens with one attached hydrogen (secondary N) is 1. The summed E-state index contributed by atoms with van der Waals surface area (Å²) in [6.07, 6.45) is 4.26. The molecule has 0 unspecified atom stereocenters. The second-order valence-electron chi connectivity index (χ2n) is 6.63. The molecule has 2 amide bonds. The molecular formula is C19H22N6O3. The zero-order valence-corrected chi connectivity index (χ0v) is 15.7. The van der Waals surface area contributed by atoms with Gasteiger partial charge in [-0.15, -0.1) is 0 Å². The van der Waals surface area contributed by atoms with Crippen molar-refractivity contribution in [1.29, 1.82) is 0 Å². The Morgan fingerprint density at radius 1 is 1.25 bits per heavy atom. The molecule has 3 aromatic rings. The van der Waals surface area contributed by atoms with Crippen LogP contribution in [0.5, 0.6) is 0 Å². The first-order valence-electron chi connectivity index (χ1n) is 9.26. The molecule has 1 aliphatic rings. The molecule has 1 fully saturated rings. The van der Waals surface area contributed by atoms with Crippen molar-refractivity contribution >= 4 is 11.7 Å². The Morgan fingerprint density at radius 3 is 3.00 bits per heavy atom. The minimum atomic E-state index is -0.128. The van der Waals surface area contributed by atoms with Crippen molar-refractivity contribution in [3.8, 4) is 11.7 Å². The second kappa shape index (κ2) is 8.12. The van der Waals surface area contributed by atoms with Crippen LogP contribution in [0.3, 0.4) is 0 Å². The number of urea groups is 1. The third-order valence-corrected chi connectivity index (χ3v) is 4.63. The fraction of sp³-hybridized carbons (Fsp3) is 0.368. The van der Waals surface area contributed by atoms with Crippen LogP contribution >= 0.6 is 0 Å². The summed E-state index contributed by atoms with van der Waals surface area (Å²) in [5.74, 6) is 1.21. The van der Waals surface area contributed by atoms with Crippen molar-refractivity contribution in [2.75, 3.05) is 31.1 Å². The first-order valence-corrected chi connectivity index (χ1v) is 9.26. The number of hydrogen-bond donors (Lipinski definition) is 1. The van der Waals surface area contributed by atoms with Gasteiger partial charge in [0.25, 0.3) is 5.89 Å². The van der Waals surface area contributed by atoms with Crippen LogP contribution in [0, 0.1) is 6.92 Å². The number of amides is 2. The van der Waals surface area contributed by atoms with Crippen molar-refractivity contribution in [2.45, 2.75) is 19.9 Å². The van der Waals surface area contributed by atoms with Gasteiger partial charge < -0.3 is 24.1 Å². The Balaban J connectivity index is 1.30. The van der Waals surface area contributed by atoms with Crippen LogP contribution in [-0.4, -0.2) is 52.2 Å². The number of carbonyl (C=O) groups is 1. The Bertz CT molecular complexity index is 923. The molecule has 0 spiro atoms. The Morgan fingerprint density at radius 2 is 2.18 bits per heavy atom. The molecule has 0 aromatic carbocycles. The highest BCUT2D eigenvalue weighted by molar-refractivity contribution is 5.74. The zero-order chi connectivity index (χ0) is 19.3. The van der Waals surface area contributed by atoms with E-state index in [2.05, 4.69) is 31.4 Å². The molecule has 0 saturated carbocycles. The molecule has 1 N–H and O–H groups in total. The summed E-state index contributed by atoms with van der Waals surface area (Å²) in [5, 5.41) is 6.74. The van der Waals surface area contributed by atoms with Crippen LogP contribution in [-0.2, 0) is 6.54 Å². The van der Waals surface area contributed by atoms with Crippen LogP contribution in [0.25, 0.3) is 11.7 Å². The molecule has 1 aliphatic heterocycles. The van der Waals surface area contributed by atoms with Crippen LogP contribution in [0.1, 0.15) is 17.9 Å². The van der Waals surface area contributed by atoms with E-state index in [0.717, 1.165) is 30.9 Å². The van der Waals surface area contributed by atoms with E-state index in [4.69, 9.17) is 8.94 Å². The molecule has 1 saturated heterocycles. The highest BCUT2D eigenvalue weighted by Crippen LogP contribution is 2.18. The van der Waals surface area contributed by atoms with Crippen molar-refractivity contribution < 1.29 is 13.7 Å². The zero-order valence-electron chi connectivity index (χ0n) is 15.7. The number of rotatable bonds is 4. The predicted molar refractivity (Wildman–Crippen MR) is 102 cm³/mol. The van der Waals surface area contributed by atoms with Gasteiger partial charge in [-0.2, -0.15) is 4.98 Å². The van der Waals surface area contributed by atoms with Crippen molar-refractivity contribution in [3.05, 3.63) is 48.2 Å². The largest absolute Gasteiger partial charge is 0.459 e. The number of nitrogens with zero attached hydrogens (tertiary/aromatic N) is 5. The van der Waals surface area contributed by atoms with Crippen molar-refractivity contribution in [2.24, 2.45) is 0 Å². The van der Waals surface area contributed by atoms with Crippen LogP contribution in [0.2, 0.25) is 0 Å². The van der Waals surface area contributed by atoms with E-state index in [9.17, 15) is 4.79 Å². The third-order valence-electron chi connectivity index (χ3n) is 4.63. The first kappa shape index (κ1) is 18.0. The van der Waals surface area contributed by atoms with Gasteiger partial charge in [0.2, 0.25) is 0 Å². The number of anilines is 1. The van der Waals surface area contributed by atoms with Gasteiger partial charge in [-0.3, -0.25) is 4.98 Å². The standard InChI is InChI=1S/C19H22N6O3/c1-14-12-15(5-6-20-14)24-7-3-8-25(10-9-24)19(26)21-13-17-22-18(28-23-17)16-4-2-11-27-16/h2,4-6,11-12H,3,7-10,13H2,1H3,(H,21,26). The summed E-state index contributed by atoms with van der Waals surface area (Å²) in [6, 6.07) is 7.44. The highest BCUT2D eigenvalue weighted by atomic mass is 16.5. The van der Waals surface area contributed by atoms with E-state index in [1.807, 2.05) is 24.1 Å². The molecule has 28 heavy (non-hydrogen) atoms. The summed E-state index contributed by atoms with van der Waals surface area (Å²) >= 11 is 0. The van der Waals surface area contributed by atoms with Gasteiger partial charge in [0.1, 0.15) is 0 Å². The lowest BCUT2D eigenvalue weighted by molar-refractivity contribution is 0.200. The Labute approximate surface area is 162 Å². The summed E-state index contributed by atoms with van der Waals surface area (Å²) < 4.78 is 10.4. The molecule has 9 heteroatoms. The van der Waals surface area contributed by atoms with Gasteiger partial charge in [0.15, 0.2) is 11.6 Å². The van der Waals surface area contributed by atoms with Crippen molar-refractivity contribution in [1.82, 2.24) is 25.3 Å². The first-order chi connectivity index (χ1) is 13.7.